The SMILES string of the molecule is CC(C)=CCN(C)CC1CC(Br)C1. The first kappa shape index (κ1) is 11.3. The van der Waals surface area contributed by atoms with Crippen LogP contribution in [0.5, 0.6) is 0 Å². The van der Waals surface area contributed by atoms with Crippen LogP contribution in [0, 0.1) is 5.92 Å². The summed E-state index contributed by atoms with van der Waals surface area (Å²) in [5.74, 6) is 0.930. The summed E-state index contributed by atoms with van der Waals surface area (Å²) in [4.78, 5) is 3.21. The molecule has 0 N–H and O–H groups in total. The van der Waals surface area contributed by atoms with Crippen molar-refractivity contribution in [2.24, 2.45) is 5.92 Å². The molecule has 0 aromatic carbocycles. The second-order valence-corrected chi connectivity index (χ2v) is 5.73. The summed E-state index contributed by atoms with van der Waals surface area (Å²) in [5.41, 5.74) is 1.42. The quantitative estimate of drug-likeness (QED) is 0.544. The Hall–Kier alpha value is 0.180. The number of rotatable bonds is 4. The van der Waals surface area contributed by atoms with Crippen LogP contribution in [-0.4, -0.2) is 29.9 Å². The van der Waals surface area contributed by atoms with E-state index in [1.54, 1.807) is 0 Å². The number of halogens is 1. The lowest BCUT2D eigenvalue weighted by molar-refractivity contribution is 0.226. The van der Waals surface area contributed by atoms with Crippen molar-refractivity contribution in [1.82, 2.24) is 4.90 Å². The number of alkyl halides is 1. The summed E-state index contributed by atoms with van der Waals surface area (Å²) in [6.45, 7) is 6.68. The molecule has 1 aliphatic rings. The smallest absolute Gasteiger partial charge is 0.0162 e. The zero-order chi connectivity index (χ0) is 9.84. The van der Waals surface area contributed by atoms with Crippen molar-refractivity contribution in [2.75, 3.05) is 20.1 Å². The number of nitrogens with zero attached hydrogens (tertiary/aromatic N) is 1. The number of likely N-dealkylation sites (N-methyl/N-ethyl adjacent to an activating group) is 1. The van der Waals surface area contributed by atoms with E-state index >= 15 is 0 Å². The van der Waals surface area contributed by atoms with Crippen molar-refractivity contribution in [2.45, 2.75) is 31.5 Å². The molecule has 0 atom stereocenters. The Balaban J connectivity index is 2.11. The van der Waals surface area contributed by atoms with Gasteiger partial charge in [0.15, 0.2) is 0 Å². The van der Waals surface area contributed by atoms with Crippen LogP contribution in [0.2, 0.25) is 0 Å². The van der Waals surface area contributed by atoms with Gasteiger partial charge in [0.1, 0.15) is 0 Å². The summed E-state index contributed by atoms with van der Waals surface area (Å²) in [6, 6.07) is 0. The average molecular weight is 246 g/mol. The van der Waals surface area contributed by atoms with Crippen LogP contribution < -0.4 is 0 Å². The molecule has 13 heavy (non-hydrogen) atoms. The van der Waals surface area contributed by atoms with Gasteiger partial charge in [-0.2, -0.15) is 0 Å². The fourth-order valence-electron chi connectivity index (χ4n) is 1.66. The minimum Gasteiger partial charge on any atom is -0.302 e. The molecule has 0 unspecified atom stereocenters. The summed E-state index contributed by atoms with van der Waals surface area (Å²) < 4.78 is 0. The summed E-state index contributed by atoms with van der Waals surface area (Å²) in [5, 5.41) is 0. The minimum atomic E-state index is 0.800. The van der Waals surface area contributed by atoms with Crippen molar-refractivity contribution in [3.05, 3.63) is 11.6 Å². The maximum Gasteiger partial charge on any atom is 0.0162 e. The lowest BCUT2D eigenvalue weighted by Gasteiger charge is -2.34. The van der Waals surface area contributed by atoms with E-state index in [-0.39, 0.29) is 0 Å². The zero-order valence-corrected chi connectivity index (χ0v) is 10.5. The second kappa shape index (κ2) is 5.16. The monoisotopic (exact) mass is 245 g/mol. The minimum absolute atomic E-state index is 0.800. The van der Waals surface area contributed by atoms with Gasteiger partial charge < -0.3 is 4.90 Å². The van der Waals surface area contributed by atoms with Crippen molar-refractivity contribution in [3.63, 3.8) is 0 Å². The van der Waals surface area contributed by atoms with Gasteiger partial charge in [-0.25, -0.2) is 0 Å². The third kappa shape index (κ3) is 4.28. The molecule has 0 heterocycles. The first-order valence-electron chi connectivity index (χ1n) is 5.04. The van der Waals surface area contributed by atoms with Gasteiger partial charge in [-0.1, -0.05) is 27.6 Å². The Morgan fingerprint density at radius 3 is 2.54 bits per heavy atom. The first-order chi connectivity index (χ1) is 6.08. The molecular formula is C11H20BrN. The maximum absolute atomic E-state index is 3.62. The topological polar surface area (TPSA) is 3.24 Å². The van der Waals surface area contributed by atoms with Gasteiger partial charge in [0.25, 0.3) is 0 Å². The van der Waals surface area contributed by atoms with Gasteiger partial charge >= 0.3 is 0 Å². The van der Waals surface area contributed by atoms with Gasteiger partial charge in [-0.05, 0) is 39.7 Å². The molecule has 1 fully saturated rings. The molecule has 2 heteroatoms. The third-order valence-electron chi connectivity index (χ3n) is 2.56. The van der Waals surface area contributed by atoms with Crippen LogP contribution in [0.1, 0.15) is 26.7 Å². The third-order valence-corrected chi connectivity index (χ3v) is 3.31. The van der Waals surface area contributed by atoms with E-state index in [9.17, 15) is 0 Å². The molecular weight excluding hydrogens is 226 g/mol. The van der Waals surface area contributed by atoms with Gasteiger partial charge in [0, 0.05) is 17.9 Å². The highest BCUT2D eigenvalue weighted by Gasteiger charge is 2.27. The number of allylic oxidation sites excluding steroid dienone is 1. The van der Waals surface area contributed by atoms with Gasteiger partial charge in [0.05, 0.1) is 0 Å². The Kier molecular flexibility index (Phi) is 4.47. The molecule has 0 aliphatic heterocycles. The highest BCUT2D eigenvalue weighted by Crippen LogP contribution is 2.33. The molecule has 1 nitrogen and oxygen atoms in total. The van der Waals surface area contributed by atoms with E-state index in [2.05, 4.69) is 47.8 Å². The molecule has 76 valence electrons. The molecule has 0 aromatic heterocycles. The number of hydrogen-bond donors (Lipinski definition) is 0. The van der Waals surface area contributed by atoms with Crippen molar-refractivity contribution in [1.29, 1.82) is 0 Å². The largest absolute Gasteiger partial charge is 0.302 e. The predicted octanol–water partition coefficient (Wildman–Crippen LogP) is 3.06. The Morgan fingerprint density at radius 2 is 2.08 bits per heavy atom. The average Bonchev–Trinajstić information content (AvgIpc) is 1.98. The zero-order valence-electron chi connectivity index (χ0n) is 8.89. The van der Waals surface area contributed by atoms with E-state index in [0.29, 0.717) is 0 Å². The maximum atomic E-state index is 3.62. The summed E-state index contributed by atoms with van der Waals surface area (Å²) >= 11 is 3.62. The standard InChI is InChI=1S/C11H20BrN/c1-9(2)4-5-13(3)8-10-6-11(12)7-10/h4,10-11H,5-8H2,1-3H3. The van der Waals surface area contributed by atoms with Crippen LogP contribution in [0.25, 0.3) is 0 Å². The van der Waals surface area contributed by atoms with Crippen LogP contribution >= 0.6 is 15.9 Å². The van der Waals surface area contributed by atoms with E-state index in [1.807, 2.05) is 0 Å². The molecule has 0 saturated heterocycles. The molecule has 0 aromatic rings. The number of hydrogen-bond acceptors (Lipinski definition) is 1. The first-order valence-corrected chi connectivity index (χ1v) is 5.95. The van der Waals surface area contributed by atoms with Crippen molar-refractivity contribution >= 4 is 15.9 Å². The second-order valence-electron chi connectivity index (χ2n) is 4.44. The van der Waals surface area contributed by atoms with Crippen molar-refractivity contribution < 1.29 is 0 Å². The van der Waals surface area contributed by atoms with E-state index in [1.165, 1.54) is 25.0 Å². The van der Waals surface area contributed by atoms with Gasteiger partial charge in [-0.3, -0.25) is 0 Å². The lowest BCUT2D eigenvalue weighted by atomic mass is 9.85. The fraction of sp³-hybridized carbons (Fsp3) is 0.818. The Bertz CT molecular complexity index is 179. The Labute approximate surface area is 90.3 Å². The van der Waals surface area contributed by atoms with Crippen molar-refractivity contribution in [3.8, 4) is 0 Å². The van der Waals surface area contributed by atoms with E-state index < -0.39 is 0 Å². The van der Waals surface area contributed by atoms with Crippen LogP contribution in [0.15, 0.2) is 11.6 Å². The van der Waals surface area contributed by atoms with Crippen LogP contribution in [0.4, 0.5) is 0 Å². The van der Waals surface area contributed by atoms with Gasteiger partial charge in [-0.15, -0.1) is 0 Å². The predicted molar refractivity (Wildman–Crippen MR) is 62.4 cm³/mol. The van der Waals surface area contributed by atoms with Crippen LogP contribution in [0.3, 0.4) is 0 Å². The molecule has 1 rings (SSSR count). The Morgan fingerprint density at radius 1 is 1.46 bits per heavy atom. The molecule has 0 radical (unpaired) electrons. The molecule has 0 amide bonds. The van der Waals surface area contributed by atoms with E-state index in [0.717, 1.165) is 17.3 Å². The molecule has 0 spiro atoms. The highest BCUT2D eigenvalue weighted by atomic mass is 79.9. The molecule has 0 bridgehead atoms. The van der Waals surface area contributed by atoms with E-state index in [4.69, 9.17) is 0 Å². The summed E-state index contributed by atoms with van der Waals surface area (Å²) in [7, 11) is 2.21. The molecule has 1 saturated carbocycles. The normalized spacial score (nSPS) is 27.2. The van der Waals surface area contributed by atoms with Crippen LogP contribution in [-0.2, 0) is 0 Å². The molecule has 1 aliphatic carbocycles. The highest BCUT2D eigenvalue weighted by molar-refractivity contribution is 9.09. The van der Waals surface area contributed by atoms with Gasteiger partial charge in [0.2, 0.25) is 0 Å². The fourth-order valence-corrected chi connectivity index (χ4v) is 2.71. The summed E-state index contributed by atoms with van der Waals surface area (Å²) in [6.07, 6.45) is 5.02. The lowest BCUT2D eigenvalue weighted by Crippen LogP contribution is -2.34.